The maximum atomic E-state index is 12.9. The lowest BCUT2D eigenvalue weighted by molar-refractivity contribution is -0.161. The molecule has 0 heterocycles. The molecule has 0 aromatic rings. The molecule has 0 fully saturated rings. The number of carbonyl (C=O) groups is 3. The number of phosphoric acid groups is 2. The quantitative estimate of drug-likeness (QED) is 0.0146. The number of carbonyl (C=O) groups excluding carboxylic acids is 3. The molecule has 0 aromatic heterocycles. The fourth-order valence-corrected chi connectivity index (χ4v) is 10.0. The third-order valence-electron chi connectivity index (χ3n) is 13.5. The average molecular weight is 1270 g/mol. The molecule has 0 aliphatic carbocycles. The normalized spacial score (nSPS) is 15.0. The minimum Gasteiger partial charge on any atom is -0.463 e. The van der Waals surface area contributed by atoms with E-state index in [2.05, 4.69) is 112 Å². The summed E-state index contributed by atoms with van der Waals surface area (Å²) in [6.07, 6.45) is 68.7. The third-order valence-corrected chi connectivity index (χ3v) is 15.4. The Bertz CT molecular complexity index is 2030. The summed E-state index contributed by atoms with van der Waals surface area (Å²) in [4.78, 5) is 58.3. The minimum atomic E-state index is -4.93. The highest BCUT2D eigenvalue weighted by Gasteiger charge is 2.29. The molecule has 0 aliphatic heterocycles. The number of rotatable bonds is 62. The largest absolute Gasteiger partial charge is 0.472 e. The van der Waals surface area contributed by atoms with Crippen LogP contribution in [0.4, 0.5) is 0 Å². The summed E-state index contributed by atoms with van der Waals surface area (Å²) in [5.41, 5.74) is 0. The van der Waals surface area contributed by atoms with E-state index >= 15 is 0 Å². The molecule has 0 radical (unpaired) electrons. The predicted molar refractivity (Wildman–Crippen MR) is 353 cm³/mol. The Labute approximate surface area is 526 Å². The van der Waals surface area contributed by atoms with E-state index in [1.165, 1.54) is 70.6 Å². The van der Waals surface area contributed by atoms with Gasteiger partial charge >= 0.3 is 33.6 Å². The van der Waals surface area contributed by atoms with Gasteiger partial charge in [-0.2, -0.15) is 0 Å². The number of hydrogen-bond acceptors (Lipinski definition) is 14. The van der Waals surface area contributed by atoms with E-state index in [1.807, 2.05) is 18.2 Å². The van der Waals surface area contributed by atoms with Crippen molar-refractivity contribution in [2.24, 2.45) is 0 Å². The number of aliphatic hydroxyl groups is 2. The maximum absolute atomic E-state index is 12.9. The number of aliphatic hydroxyl groups excluding tert-OH is 2. The maximum Gasteiger partial charge on any atom is 0.472 e. The Hall–Kier alpha value is -3.79. The molecule has 18 heteroatoms. The second-order valence-corrected chi connectivity index (χ2v) is 24.8. The molecule has 0 amide bonds. The lowest BCUT2D eigenvalue weighted by Crippen LogP contribution is -2.30. The second-order valence-electron chi connectivity index (χ2n) is 21.9. The highest BCUT2D eigenvalue weighted by atomic mass is 31.2. The molecule has 0 saturated carbocycles. The second kappa shape index (κ2) is 62.4. The van der Waals surface area contributed by atoms with Crippen molar-refractivity contribution in [1.29, 1.82) is 0 Å². The van der Waals surface area contributed by atoms with Crippen LogP contribution in [0.1, 0.15) is 252 Å². The third kappa shape index (κ3) is 63.6. The summed E-state index contributed by atoms with van der Waals surface area (Å²) in [6.45, 7) is 2.41. The van der Waals surface area contributed by atoms with E-state index in [-0.39, 0.29) is 19.3 Å². The van der Waals surface area contributed by atoms with Gasteiger partial charge in [0.15, 0.2) is 6.10 Å². The zero-order valence-electron chi connectivity index (χ0n) is 53.9. The van der Waals surface area contributed by atoms with Crippen LogP contribution in [0.3, 0.4) is 0 Å². The fraction of sp³-hybridized carbons (Fsp3) is 0.696. The van der Waals surface area contributed by atoms with E-state index in [4.69, 9.17) is 32.3 Å². The highest BCUT2D eigenvalue weighted by Crippen LogP contribution is 2.45. The van der Waals surface area contributed by atoms with Crippen molar-refractivity contribution >= 4 is 33.6 Å². The van der Waals surface area contributed by atoms with E-state index in [0.29, 0.717) is 25.7 Å². The van der Waals surface area contributed by atoms with Crippen molar-refractivity contribution < 1.29 is 75.8 Å². The van der Waals surface area contributed by atoms with E-state index in [0.717, 1.165) is 116 Å². The van der Waals surface area contributed by atoms with E-state index in [1.54, 1.807) is 0 Å². The Balaban J connectivity index is 4.73. The van der Waals surface area contributed by atoms with Crippen molar-refractivity contribution in [3.8, 4) is 0 Å². The molecule has 5 unspecified atom stereocenters. The lowest BCUT2D eigenvalue weighted by Gasteiger charge is -2.21. The van der Waals surface area contributed by atoms with Gasteiger partial charge in [-0.3, -0.25) is 32.5 Å². The lowest BCUT2D eigenvalue weighted by atomic mass is 10.0. The van der Waals surface area contributed by atoms with Gasteiger partial charge in [-0.05, 0) is 96.3 Å². The van der Waals surface area contributed by atoms with Crippen LogP contribution < -0.4 is 0 Å². The topological polar surface area (TPSA) is 231 Å². The van der Waals surface area contributed by atoms with Gasteiger partial charge in [-0.15, -0.1) is 0 Å². The monoisotopic (exact) mass is 1260 g/mol. The number of unbranched alkanes of at least 4 members (excludes halogenated alkanes) is 21. The first-order valence-electron chi connectivity index (χ1n) is 33.2. The molecule has 0 spiro atoms. The molecular formula is C69H118O16P2. The first-order chi connectivity index (χ1) is 42.2. The summed E-state index contributed by atoms with van der Waals surface area (Å²) >= 11 is 0. The van der Waals surface area contributed by atoms with Crippen molar-refractivity contribution in [3.05, 3.63) is 109 Å². The Kier molecular flexibility index (Phi) is 59.7. The predicted octanol–water partition coefficient (Wildman–Crippen LogP) is 18.1. The van der Waals surface area contributed by atoms with Gasteiger partial charge in [-0.25, -0.2) is 9.13 Å². The molecule has 500 valence electrons. The van der Waals surface area contributed by atoms with Crippen LogP contribution in [0.2, 0.25) is 0 Å². The van der Waals surface area contributed by atoms with Crippen LogP contribution in [-0.4, -0.2) is 95.9 Å². The standard InChI is InChI=1S/C69H118O16P2/c1-4-7-10-13-16-19-22-25-27-29-31-33-35-38-40-43-46-49-52-55-67(72)79-58-64(70)59-81-86(75,76)82-60-65(71)61-83-87(77,78)84-63-66(85-69(74)57-54-51-48-45-42-37-24-21-18-15-12-9-6-3)62-80-68(73)56-53-50-47-44-41-39-36-34-32-30-28-26-23-20-17-14-11-8-5-2/h7,10,16-17,19-20,25-28,31-34,38,40,46,49,64-66,70-71H,4-6,8-9,11-15,18,21-24,29-30,35-37,39,41-45,47-48,50-63H2,1-3H3,(H,75,76)(H,77,78)/b10-7-,19-16-,20-17-,27-25-,28-26-,33-31-,34-32-,40-38-,49-46-. The Morgan fingerprint density at radius 1 is 0.333 bits per heavy atom. The molecular weight excluding hydrogens is 1150 g/mol. The summed E-state index contributed by atoms with van der Waals surface area (Å²) in [7, 11) is -9.79. The summed E-state index contributed by atoms with van der Waals surface area (Å²) in [6, 6.07) is 0. The number of hydrogen-bond donors (Lipinski definition) is 4. The van der Waals surface area contributed by atoms with Crippen molar-refractivity contribution in [3.63, 3.8) is 0 Å². The van der Waals surface area contributed by atoms with Crippen LogP contribution in [0.15, 0.2) is 109 Å². The summed E-state index contributed by atoms with van der Waals surface area (Å²) < 4.78 is 60.7. The number of phosphoric ester groups is 2. The van der Waals surface area contributed by atoms with E-state index < -0.39 is 91.5 Å². The SMILES string of the molecule is CC/C=C\C/C=C\C/C=C\C/C=C\C/C=C\C/C=C\CCC(=O)OCC(O)COP(=O)(O)OCC(O)COP(=O)(O)OCC(COC(=O)CCCCCCCC/C=C\C/C=C\C/C=C\CCCCC)OC(=O)CCCCCCCCCCCCCCC. The molecule has 16 nitrogen and oxygen atoms in total. The molecule has 0 aliphatic rings. The molecule has 0 saturated heterocycles. The Morgan fingerprint density at radius 2 is 0.632 bits per heavy atom. The summed E-state index contributed by atoms with van der Waals surface area (Å²) in [5.74, 6) is -1.67. The van der Waals surface area contributed by atoms with Crippen molar-refractivity contribution in [2.75, 3.05) is 39.6 Å². The van der Waals surface area contributed by atoms with Gasteiger partial charge < -0.3 is 34.2 Å². The van der Waals surface area contributed by atoms with Gasteiger partial charge in [0, 0.05) is 19.3 Å². The number of esters is 3. The van der Waals surface area contributed by atoms with Crippen LogP contribution >= 0.6 is 15.6 Å². The van der Waals surface area contributed by atoms with Crippen molar-refractivity contribution in [1.82, 2.24) is 0 Å². The molecule has 0 rings (SSSR count). The van der Waals surface area contributed by atoms with Gasteiger partial charge in [0.1, 0.15) is 25.4 Å². The average Bonchev–Trinajstić information content (AvgIpc) is 3.63. The van der Waals surface area contributed by atoms with Crippen LogP contribution in [0.25, 0.3) is 0 Å². The zero-order valence-corrected chi connectivity index (χ0v) is 55.7. The fourth-order valence-electron chi connectivity index (χ4n) is 8.43. The van der Waals surface area contributed by atoms with E-state index in [9.17, 15) is 43.5 Å². The van der Waals surface area contributed by atoms with Crippen molar-refractivity contribution in [2.45, 2.75) is 270 Å². The van der Waals surface area contributed by atoms with Gasteiger partial charge in [0.2, 0.25) is 0 Å². The number of ether oxygens (including phenoxy) is 3. The van der Waals surface area contributed by atoms with Crippen LogP contribution in [-0.2, 0) is 55.8 Å². The molecule has 0 aromatic carbocycles. The molecule has 87 heavy (non-hydrogen) atoms. The molecule has 5 atom stereocenters. The summed E-state index contributed by atoms with van der Waals surface area (Å²) in [5, 5.41) is 20.5. The molecule has 4 N–H and O–H groups in total. The van der Waals surface area contributed by atoms with Gasteiger partial charge in [0.05, 0.1) is 26.4 Å². The number of allylic oxidation sites excluding steroid dienone is 18. The smallest absolute Gasteiger partial charge is 0.463 e. The molecule has 0 bridgehead atoms. The first kappa shape index (κ1) is 83.2. The van der Waals surface area contributed by atoms with Crippen LogP contribution in [0, 0.1) is 0 Å². The Morgan fingerprint density at radius 3 is 1.06 bits per heavy atom. The van der Waals surface area contributed by atoms with Crippen LogP contribution in [0.5, 0.6) is 0 Å². The minimum absolute atomic E-state index is 0.0585. The van der Waals surface area contributed by atoms with Gasteiger partial charge in [0.25, 0.3) is 0 Å². The van der Waals surface area contributed by atoms with Gasteiger partial charge in [-0.1, -0.05) is 246 Å². The zero-order chi connectivity index (χ0) is 63.8. The highest BCUT2D eigenvalue weighted by molar-refractivity contribution is 7.47. The first-order valence-corrected chi connectivity index (χ1v) is 36.2.